The van der Waals surface area contributed by atoms with Gasteiger partial charge in [-0.2, -0.15) is 0 Å². The van der Waals surface area contributed by atoms with E-state index in [4.69, 9.17) is 0 Å². The number of benzene rings is 2. The van der Waals surface area contributed by atoms with E-state index >= 15 is 0 Å². The summed E-state index contributed by atoms with van der Waals surface area (Å²) in [5.74, 6) is 0.109. The molecule has 0 aliphatic heterocycles. The van der Waals surface area contributed by atoms with Crippen LogP contribution in [0.3, 0.4) is 0 Å². The highest BCUT2D eigenvalue weighted by Gasteiger charge is 2.21. The molecule has 1 heterocycles. The van der Waals surface area contributed by atoms with Crippen molar-refractivity contribution in [2.75, 3.05) is 19.6 Å². The number of fused-ring (bicyclic) bond motifs is 1. The largest absolute Gasteiger partial charge is 0.336 e. The Hall–Kier alpha value is -2.39. The molecule has 0 spiro atoms. The minimum atomic E-state index is 0.109. The van der Waals surface area contributed by atoms with E-state index in [2.05, 4.69) is 48.4 Å². The Kier molecular flexibility index (Phi) is 5.58. The average Bonchev–Trinajstić information content (AvgIpc) is 2.95. The second-order valence-electron chi connectivity index (χ2n) is 6.86. The number of nitrogens with zero attached hydrogens (tertiary/aromatic N) is 2. The summed E-state index contributed by atoms with van der Waals surface area (Å²) in [6, 6.07) is 16.2. The van der Waals surface area contributed by atoms with Crippen molar-refractivity contribution in [1.82, 2.24) is 9.47 Å². The molecule has 136 valence electrons. The molecule has 0 saturated heterocycles. The SMILES string of the molecule is CCN(CC)CCn1c(C(=O)c2ccc(C)cc2)c(C)c2ccccc21. The summed E-state index contributed by atoms with van der Waals surface area (Å²) in [5, 5.41) is 1.17. The number of hydrogen-bond acceptors (Lipinski definition) is 2. The Morgan fingerprint density at radius 1 is 0.962 bits per heavy atom. The predicted octanol–water partition coefficient (Wildman–Crippen LogP) is 4.83. The number of carbonyl (C=O) groups excluding carboxylic acids is 1. The maximum absolute atomic E-state index is 13.3. The normalized spacial score (nSPS) is 11.4. The van der Waals surface area contributed by atoms with Gasteiger partial charge in [0.1, 0.15) is 0 Å². The molecule has 0 fully saturated rings. The molecule has 0 bridgehead atoms. The van der Waals surface area contributed by atoms with Crippen molar-refractivity contribution in [2.24, 2.45) is 0 Å². The molecule has 3 rings (SSSR count). The third-order valence-corrected chi connectivity index (χ3v) is 5.29. The van der Waals surface area contributed by atoms with Crippen molar-refractivity contribution in [1.29, 1.82) is 0 Å². The first-order valence-electron chi connectivity index (χ1n) is 9.48. The van der Waals surface area contributed by atoms with E-state index in [0.717, 1.165) is 48.5 Å². The fourth-order valence-electron chi connectivity index (χ4n) is 3.62. The molecule has 1 aromatic heterocycles. The quantitative estimate of drug-likeness (QED) is 0.571. The van der Waals surface area contributed by atoms with Crippen molar-refractivity contribution < 1.29 is 4.79 Å². The highest BCUT2D eigenvalue weighted by atomic mass is 16.1. The van der Waals surface area contributed by atoms with Crippen LogP contribution < -0.4 is 0 Å². The summed E-state index contributed by atoms with van der Waals surface area (Å²) in [6.07, 6.45) is 0. The minimum Gasteiger partial charge on any atom is -0.336 e. The van der Waals surface area contributed by atoms with Crippen LogP contribution in [0.1, 0.15) is 41.0 Å². The lowest BCUT2D eigenvalue weighted by Crippen LogP contribution is -2.28. The summed E-state index contributed by atoms with van der Waals surface area (Å²) in [6.45, 7) is 12.3. The fourth-order valence-corrected chi connectivity index (χ4v) is 3.62. The number of rotatable bonds is 7. The number of hydrogen-bond donors (Lipinski definition) is 0. The molecule has 0 atom stereocenters. The zero-order chi connectivity index (χ0) is 18.7. The van der Waals surface area contributed by atoms with E-state index in [0.29, 0.717) is 0 Å². The average molecular weight is 348 g/mol. The number of para-hydroxylation sites is 1. The van der Waals surface area contributed by atoms with Crippen LogP contribution in [-0.2, 0) is 6.54 Å². The number of ketones is 1. The van der Waals surface area contributed by atoms with Gasteiger partial charge in [0.2, 0.25) is 5.78 Å². The minimum absolute atomic E-state index is 0.109. The first kappa shape index (κ1) is 18.4. The van der Waals surface area contributed by atoms with E-state index in [1.165, 1.54) is 10.9 Å². The van der Waals surface area contributed by atoms with Gasteiger partial charge in [-0.1, -0.05) is 61.9 Å². The van der Waals surface area contributed by atoms with Crippen LogP contribution >= 0.6 is 0 Å². The molecule has 3 nitrogen and oxygen atoms in total. The van der Waals surface area contributed by atoms with Crippen molar-refractivity contribution in [3.05, 3.63) is 70.9 Å². The third-order valence-electron chi connectivity index (χ3n) is 5.29. The van der Waals surface area contributed by atoms with Gasteiger partial charge in [0.05, 0.1) is 5.69 Å². The summed E-state index contributed by atoms with van der Waals surface area (Å²) in [5.41, 5.74) is 4.96. The maximum Gasteiger partial charge on any atom is 0.209 e. The van der Waals surface area contributed by atoms with Crippen LogP contribution in [0.25, 0.3) is 10.9 Å². The molecular weight excluding hydrogens is 320 g/mol. The summed E-state index contributed by atoms with van der Waals surface area (Å²) in [7, 11) is 0. The van der Waals surface area contributed by atoms with Crippen LogP contribution in [0, 0.1) is 13.8 Å². The highest BCUT2D eigenvalue weighted by Crippen LogP contribution is 2.27. The lowest BCUT2D eigenvalue weighted by Gasteiger charge is -2.20. The van der Waals surface area contributed by atoms with Gasteiger partial charge in [-0.25, -0.2) is 0 Å². The second-order valence-corrected chi connectivity index (χ2v) is 6.86. The molecule has 2 aromatic carbocycles. The number of aromatic nitrogens is 1. The molecule has 0 N–H and O–H groups in total. The molecule has 0 aliphatic carbocycles. The Morgan fingerprint density at radius 2 is 1.62 bits per heavy atom. The van der Waals surface area contributed by atoms with E-state index in [9.17, 15) is 4.79 Å². The molecule has 3 heteroatoms. The molecule has 0 unspecified atom stereocenters. The van der Waals surface area contributed by atoms with Crippen LogP contribution in [0.5, 0.6) is 0 Å². The zero-order valence-electron chi connectivity index (χ0n) is 16.2. The van der Waals surface area contributed by atoms with E-state index in [1.54, 1.807) is 0 Å². The summed E-state index contributed by atoms with van der Waals surface area (Å²) in [4.78, 5) is 15.7. The van der Waals surface area contributed by atoms with Crippen LogP contribution in [0.4, 0.5) is 0 Å². The molecule has 0 aliphatic rings. The van der Waals surface area contributed by atoms with Crippen LogP contribution in [-0.4, -0.2) is 34.9 Å². The fraction of sp³-hybridized carbons (Fsp3) is 0.348. The van der Waals surface area contributed by atoms with Gasteiger partial charge in [0.15, 0.2) is 0 Å². The Labute approximate surface area is 156 Å². The molecule has 0 amide bonds. The highest BCUT2D eigenvalue weighted by molar-refractivity contribution is 6.12. The van der Waals surface area contributed by atoms with Crippen LogP contribution in [0.2, 0.25) is 0 Å². The van der Waals surface area contributed by atoms with E-state index in [1.807, 2.05) is 37.3 Å². The molecule has 0 radical (unpaired) electrons. The van der Waals surface area contributed by atoms with Crippen LogP contribution in [0.15, 0.2) is 48.5 Å². The van der Waals surface area contributed by atoms with E-state index in [-0.39, 0.29) is 5.78 Å². The van der Waals surface area contributed by atoms with Crippen molar-refractivity contribution >= 4 is 16.7 Å². The number of likely N-dealkylation sites (N-methyl/N-ethyl adjacent to an activating group) is 1. The Balaban J connectivity index is 2.08. The molecule has 0 saturated carbocycles. The number of aryl methyl sites for hydroxylation is 2. The topological polar surface area (TPSA) is 25.2 Å². The molecule has 26 heavy (non-hydrogen) atoms. The van der Waals surface area contributed by atoms with Gasteiger partial charge in [0, 0.05) is 29.6 Å². The maximum atomic E-state index is 13.3. The van der Waals surface area contributed by atoms with Crippen molar-refractivity contribution in [3.8, 4) is 0 Å². The molecule has 3 aromatic rings. The van der Waals surface area contributed by atoms with Crippen molar-refractivity contribution in [3.63, 3.8) is 0 Å². The van der Waals surface area contributed by atoms with Crippen molar-refractivity contribution in [2.45, 2.75) is 34.2 Å². The molecular formula is C23H28N2O. The predicted molar refractivity (Wildman–Crippen MR) is 109 cm³/mol. The van der Waals surface area contributed by atoms with Gasteiger partial charge >= 0.3 is 0 Å². The number of carbonyl (C=O) groups is 1. The Morgan fingerprint density at radius 3 is 2.27 bits per heavy atom. The monoisotopic (exact) mass is 348 g/mol. The second kappa shape index (κ2) is 7.88. The third kappa shape index (κ3) is 3.45. The van der Waals surface area contributed by atoms with E-state index < -0.39 is 0 Å². The summed E-state index contributed by atoms with van der Waals surface area (Å²) >= 11 is 0. The zero-order valence-corrected chi connectivity index (χ0v) is 16.2. The lowest BCUT2D eigenvalue weighted by atomic mass is 10.0. The van der Waals surface area contributed by atoms with Gasteiger partial charge in [-0.05, 0) is 38.6 Å². The Bertz CT molecular complexity index is 902. The van der Waals surface area contributed by atoms with Gasteiger partial charge in [0.25, 0.3) is 0 Å². The van der Waals surface area contributed by atoms with Gasteiger partial charge in [-0.15, -0.1) is 0 Å². The van der Waals surface area contributed by atoms with Gasteiger partial charge < -0.3 is 9.47 Å². The first-order valence-corrected chi connectivity index (χ1v) is 9.48. The first-order chi connectivity index (χ1) is 12.6. The van der Waals surface area contributed by atoms with Gasteiger partial charge in [-0.3, -0.25) is 4.79 Å². The summed E-state index contributed by atoms with van der Waals surface area (Å²) < 4.78 is 2.21. The lowest BCUT2D eigenvalue weighted by molar-refractivity contribution is 0.102. The smallest absolute Gasteiger partial charge is 0.209 e. The standard InChI is InChI=1S/C23H28N2O/c1-5-24(6-2)15-16-25-21-10-8-7-9-20(21)18(4)22(25)23(26)19-13-11-17(3)12-14-19/h7-14H,5-6,15-16H2,1-4H3.